The Morgan fingerprint density at radius 3 is 2.52 bits per heavy atom. The molecule has 31 heavy (non-hydrogen) atoms. The molecule has 1 N–H and O–H groups in total. The van der Waals surface area contributed by atoms with E-state index in [0.29, 0.717) is 28.4 Å². The number of benzene rings is 2. The maximum atomic E-state index is 12.4. The van der Waals surface area contributed by atoms with Crippen molar-refractivity contribution in [3.05, 3.63) is 95.1 Å². The van der Waals surface area contributed by atoms with Gasteiger partial charge in [-0.3, -0.25) is 9.78 Å². The molecule has 150 valence electrons. The van der Waals surface area contributed by atoms with Crippen molar-refractivity contribution in [3.63, 3.8) is 0 Å². The van der Waals surface area contributed by atoms with Gasteiger partial charge in [-0.1, -0.05) is 40.2 Å². The zero-order valence-electron chi connectivity index (χ0n) is 16.1. The largest absolute Gasteiger partial charge is 0.322 e. The van der Waals surface area contributed by atoms with E-state index in [1.54, 1.807) is 22.8 Å². The van der Waals surface area contributed by atoms with E-state index in [4.69, 9.17) is 0 Å². The number of amides is 1. The fourth-order valence-electron chi connectivity index (χ4n) is 3.15. The zero-order valence-corrected chi connectivity index (χ0v) is 17.7. The van der Waals surface area contributed by atoms with E-state index in [1.807, 2.05) is 66.7 Å². The van der Waals surface area contributed by atoms with E-state index >= 15 is 0 Å². The highest BCUT2D eigenvalue weighted by Crippen LogP contribution is 2.22. The van der Waals surface area contributed by atoms with Crippen molar-refractivity contribution < 1.29 is 4.79 Å². The van der Waals surface area contributed by atoms with Gasteiger partial charge in [-0.15, -0.1) is 10.2 Å². The van der Waals surface area contributed by atoms with Crippen molar-refractivity contribution >= 4 is 33.2 Å². The van der Waals surface area contributed by atoms with Gasteiger partial charge in [-0.25, -0.2) is 0 Å². The Morgan fingerprint density at radius 1 is 0.871 bits per heavy atom. The summed E-state index contributed by atoms with van der Waals surface area (Å²) in [5.41, 5.74) is 4.29. The zero-order chi connectivity index (χ0) is 21.2. The van der Waals surface area contributed by atoms with Gasteiger partial charge in [-0.2, -0.15) is 9.61 Å². The predicted octanol–water partition coefficient (Wildman–Crippen LogP) is 4.87. The molecule has 8 heteroatoms. The number of rotatable bonds is 4. The molecule has 1 amide bonds. The molecule has 3 heterocycles. The van der Waals surface area contributed by atoms with Crippen LogP contribution in [0.1, 0.15) is 10.4 Å². The molecule has 0 unspecified atom stereocenters. The molecule has 0 saturated heterocycles. The van der Waals surface area contributed by atoms with Crippen LogP contribution in [0.25, 0.3) is 28.4 Å². The highest BCUT2D eigenvalue weighted by molar-refractivity contribution is 9.10. The average Bonchev–Trinajstić information content (AvgIpc) is 3.23. The Kier molecular flexibility index (Phi) is 4.97. The SMILES string of the molecule is O=C(Nc1ccc(-c2ccc3nnc(-c4ccccn4)n3n2)cc1)c1cccc(Br)c1. The van der Waals surface area contributed by atoms with Crippen LogP contribution >= 0.6 is 15.9 Å². The van der Waals surface area contributed by atoms with Gasteiger partial charge in [0.15, 0.2) is 5.65 Å². The first-order valence-electron chi connectivity index (χ1n) is 9.49. The van der Waals surface area contributed by atoms with Crippen molar-refractivity contribution in [1.29, 1.82) is 0 Å². The van der Waals surface area contributed by atoms with Gasteiger partial charge in [0.1, 0.15) is 5.69 Å². The Morgan fingerprint density at radius 2 is 1.74 bits per heavy atom. The van der Waals surface area contributed by atoms with Crippen LogP contribution in [-0.4, -0.2) is 30.7 Å². The van der Waals surface area contributed by atoms with Gasteiger partial charge in [0, 0.05) is 27.5 Å². The second kappa shape index (κ2) is 8.08. The number of halogens is 1. The number of anilines is 1. The summed E-state index contributed by atoms with van der Waals surface area (Å²) in [5.74, 6) is 0.411. The van der Waals surface area contributed by atoms with Crippen LogP contribution in [0.3, 0.4) is 0 Å². The lowest BCUT2D eigenvalue weighted by molar-refractivity contribution is 0.102. The molecule has 0 radical (unpaired) electrons. The van der Waals surface area contributed by atoms with Crippen molar-refractivity contribution in [2.75, 3.05) is 5.32 Å². The number of hydrogen-bond donors (Lipinski definition) is 1. The first kappa shape index (κ1) is 19.1. The van der Waals surface area contributed by atoms with Gasteiger partial charge in [-0.05, 0) is 54.6 Å². The second-order valence-corrected chi connectivity index (χ2v) is 7.68. The molecule has 0 aliphatic rings. The molecule has 7 nitrogen and oxygen atoms in total. The molecular formula is C23H15BrN6O. The highest BCUT2D eigenvalue weighted by Gasteiger charge is 2.12. The highest BCUT2D eigenvalue weighted by atomic mass is 79.9. The Balaban J connectivity index is 1.41. The molecule has 5 aromatic rings. The fraction of sp³-hybridized carbons (Fsp3) is 0. The van der Waals surface area contributed by atoms with Crippen LogP contribution < -0.4 is 5.32 Å². The standard InChI is InChI=1S/C23H15BrN6O/c24-17-5-3-4-16(14-17)23(31)26-18-9-7-15(8-10-18)19-11-12-21-27-28-22(30(21)29-19)20-6-1-2-13-25-20/h1-14H,(H,26,31). The summed E-state index contributed by atoms with van der Waals surface area (Å²) in [6.07, 6.45) is 1.71. The molecule has 0 bridgehead atoms. The monoisotopic (exact) mass is 470 g/mol. The van der Waals surface area contributed by atoms with Crippen molar-refractivity contribution in [2.24, 2.45) is 0 Å². The number of hydrogen-bond acceptors (Lipinski definition) is 5. The number of carbonyl (C=O) groups is 1. The molecule has 0 fully saturated rings. The van der Waals surface area contributed by atoms with Crippen LogP contribution in [0.5, 0.6) is 0 Å². The third-order valence-corrected chi connectivity index (χ3v) is 5.18. The quantitative estimate of drug-likeness (QED) is 0.405. The normalized spacial score (nSPS) is 10.9. The fourth-order valence-corrected chi connectivity index (χ4v) is 3.55. The Labute approximate surface area is 185 Å². The lowest BCUT2D eigenvalue weighted by Crippen LogP contribution is -2.11. The van der Waals surface area contributed by atoms with Gasteiger partial charge in [0.05, 0.1) is 5.69 Å². The topological polar surface area (TPSA) is 85.1 Å². The number of fused-ring (bicyclic) bond motifs is 1. The number of nitrogens with one attached hydrogen (secondary N) is 1. The molecule has 0 aliphatic heterocycles. The van der Waals surface area contributed by atoms with Crippen LogP contribution in [0.4, 0.5) is 5.69 Å². The predicted molar refractivity (Wildman–Crippen MR) is 122 cm³/mol. The summed E-state index contributed by atoms with van der Waals surface area (Å²) in [6, 6.07) is 24.2. The van der Waals surface area contributed by atoms with E-state index in [9.17, 15) is 4.79 Å². The van der Waals surface area contributed by atoms with Crippen LogP contribution in [0.2, 0.25) is 0 Å². The molecule has 2 aromatic carbocycles. The van der Waals surface area contributed by atoms with E-state index in [1.165, 1.54) is 0 Å². The molecule has 5 rings (SSSR count). The average molecular weight is 471 g/mol. The lowest BCUT2D eigenvalue weighted by atomic mass is 10.1. The summed E-state index contributed by atoms with van der Waals surface area (Å²) >= 11 is 3.38. The maximum absolute atomic E-state index is 12.4. The van der Waals surface area contributed by atoms with Gasteiger partial charge >= 0.3 is 0 Å². The Bertz CT molecular complexity index is 1380. The second-order valence-electron chi connectivity index (χ2n) is 6.77. The summed E-state index contributed by atoms with van der Waals surface area (Å²) in [6.45, 7) is 0. The van der Waals surface area contributed by atoms with Crippen molar-refractivity contribution in [1.82, 2.24) is 24.8 Å². The molecule has 0 atom stereocenters. The summed E-state index contributed by atoms with van der Waals surface area (Å²) in [5, 5.41) is 16.0. The molecular weight excluding hydrogens is 456 g/mol. The minimum absolute atomic E-state index is 0.168. The first-order valence-corrected chi connectivity index (χ1v) is 10.3. The first-order chi connectivity index (χ1) is 15.2. The number of nitrogens with zero attached hydrogens (tertiary/aromatic N) is 5. The molecule has 0 saturated carbocycles. The minimum Gasteiger partial charge on any atom is -0.322 e. The molecule has 0 spiro atoms. The number of aromatic nitrogens is 5. The number of carbonyl (C=O) groups excluding carboxylic acids is 1. The third kappa shape index (κ3) is 3.93. The van der Waals surface area contributed by atoms with Crippen LogP contribution in [0, 0.1) is 0 Å². The van der Waals surface area contributed by atoms with Gasteiger partial charge < -0.3 is 5.32 Å². The third-order valence-electron chi connectivity index (χ3n) is 4.68. The summed E-state index contributed by atoms with van der Waals surface area (Å²) in [7, 11) is 0. The summed E-state index contributed by atoms with van der Waals surface area (Å²) in [4.78, 5) is 16.8. The van der Waals surface area contributed by atoms with Crippen molar-refractivity contribution in [3.8, 4) is 22.8 Å². The number of pyridine rings is 1. The van der Waals surface area contributed by atoms with Gasteiger partial charge in [0.2, 0.25) is 5.82 Å². The lowest BCUT2D eigenvalue weighted by Gasteiger charge is -2.07. The van der Waals surface area contributed by atoms with Crippen molar-refractivity contribution in [2.45, 2.75) is 0 Å². The molecule has 0 aliphatic carbocycles. The molecule has 3 aromatic heterocycles. The minimum atomic E-state index is -0.168. The summed E-state index contributed by atoms with van der Waals surface area (Å²) < 4.78 is 2.54. The van der Waals surface area contributed by atoms with Crippen LogP contribution in [-0.2, 0) is 0 Å². The van der Waals surface area contributed by atoms with E-state index in [-0.39, 0.29) is 5.91 Å². The maximum Gasteiger partial charge on any atom is 0.255 e. The van der Waals surface area contributed by atoms with E-state index in [2.05, 4.69) is 41.5 Å². The van der Waals surface area contributed by atoms with Crippen LogP contribution in [0.15, 0.2) is 89.5 Å². The smallest absolute Gasteiger partial charge is 0.255 e. The van der Waals surface area contributed by atoms with E-state index in [0.717, 1.165) is 15.7 Å². The Hall–Kier alpha value is -3.91. The van der Waals surface area contributed by atoms with E-state index < -0.39 is 0 Å². The van der Waals surface area contributed by atoms with Gasteiger partial charge in [0.25, 0.3) is 5.91 Å².